The van der Waals surface area contributed by atoms with Gasteiger partial charge in [-0.1, -0.05) is 29.3 Å². The van der Waals surface area contributed by atoms with Crippen LogP contribution in [0, 0.1) is 0 Å². The molecule has 0 atom stereocenters. The van der Waals surface area contributed by atoms with Crippen molar-refractivity contribution in [3.63, 3.8) is 0 Å². The number of aromatic hydroxyl groups is 1. The highest BCUT2D eigenvalue weighted by molar-refractivity contribution is 6.46. The standard InChI is InChI=1S/C10H7Cl2NO/c11-7-2-1-5-3-6(14)4-8(13)9(5)10(7)12/h1-4,14H,13H2. The number of hydrogen-bond acceptors (Lipinski definition) is 2. The Balaban J connectivity index is 2.95. The van der Waals surface area contributed by atoms with Crippen LogP contribution in [0.3, 0.4) is 0 Å². The molecule has 0 aromatic heterocycles. The molecule has 0 spiro atoms. The monoisotopic (exact) mass is 227 g/mol. The van der Waals surface area contributed by atoms with Gasteiger partial charge in [0.05, 0.1) is 10.0 Å². The number of phenolic OH excluding ortho intramolecular Hbond substituents is 1. The van der Waals surface area contributed by atoms with Crippen molar-refractivity contribution >= 4 is 39.7 Å². The van der Waals surface area contributed by atoms with Crippen LogP contribution in [0.15, 0.2) is 24.3 Å². The van der Waals surface area contributed by atoms with Gasteiger partial charge in [0.1, 0.15) is 5.75 Å². The number of anilines is 1. The number of fused-ring (bicyclic) bond motifs is 1. The van der Waals surface area contributed by atoms with Crippen molar-refractivity contribution < 1.29 is 5.11 Å². The van der Waals surface area contributed by atoms with Crippen LogP contribution in [-0.2, 0) is 0 Å². The van der Waals surface area contributed by atoms with Crippen LogP contribution in [-0.4, -0.2) is 5.11 Å². The Morgan fingerprint density at radius 1 is 1.14 bits per heavy atom. The van der Waals surface area contributed by atoms with Crippen LogP contribution in [0.25, 0.3) is 10.8 Å². The number of nitrogen functional groups attached to an aromatic ring is 1. The summed E-state index contributed by atoms with van der Waals surface area (Å²) in [4.78, 5) is 0. The highest BCUT2D eigenvalue weighted by Gasteiger charge is 2.07. The van der Waals surface area contributed by atoms with Gasteiger partial charge in [0.2, 0.25) is 0 Å². The van der Waals surface area contributed by atoms with Gasteiger partial charge >= 0.3 is 0 Å². The largest absolute Gasteiger partial charge is 0.508 e. The summed E-state index contributed by atoms with van der Waals surface area (Å²) in [6.45, 7) is 0. The molecular weight excluding hydrogens is 221 g/mol. The van der Waals surface area contributed by atoms with Crippen molar-refractivity contribution in [3.8, 4) is 5.75 Å². The topological polar surface area (TPSA) is 46.2 Å². The van der Waals surface area contributed by atoms with Gasteiger partial charge < -0.3 is 10.8 Å². The average molecular weight is 228 g/mol. The molecule has 0 amide bonds. The highest BCUT2D eigenvalue weighted by atomic mass is 35.5. The van der Waals surface area contributed by atoms with E-state index in [1.165, 1.54) is 6.07 Å². The molecule has 0 fully saturated rings. The predicted octanol–water partition coefficient (Wildman–Crippen LogP) is 3.43. The molecule has 2 rings (SSSR count). The Morgan fingerprint density at radius 2 is 1.86 bits per heavy atom. The van der Waals surface area contributed by atoms with Crippen molar-refractivity contribution in [2.45, 2.75) is 0 Å². The number of hydrogen-bond donors (Lipinski definition) is 2. The van der Waals surface area contributed by atoms with Gasteiger partial charge in [-0.2, -0.15) is 0 Å². The molecule has 0 saturated carbocycles. The first kappa shape index (κ1) is 9.44. The molecular formula is C10H7Cl2NO. The smallest absolute Gasteiger partial charge is 0.118 e. The quantitative estimate of drug-likeness (QED) is 0.678. The first-order chi connectivity index (χ1) is 6.59. The summed E-state index contributed by atoms with van der Waals surface area (Å²) in [7, 11) is 0. The Bertz CT molecular complexity index is 511. The van der Waals surface area contributed by atoms with Gasteiger partial charge in [0.15, 0.2) is 0 Å². The zero-order valence-electron chi connectivity index (χ0n) is 7.09. The second kappa shape index (κ2) is 3.23. The van der Waals surface area contributed by atoms with E-state index < -0.39 is 0 Å². The molecule has 0 bridgehead atoms. The maximum Gasteiger partial charge on any atom is 0.118 e. The van der Waals surface area contributed by atoms with E-state index >= 15 is 0 Å². The SMILES string of the molecule is Nc1cc(O)cc2ccc(Cl)c(Cl)c12. The minimum absolute atomic E-state index is 0.119. The number of halogens is 2. The zero-order valence-corrected chi connectivity index (χ0v) is 8.60. The number of phenols is 1. The van der Waals surface area contributed by atoms with Gasteiger partial charge in [-0.3, -0.25) is 0 Å². The van der Waals surface area contributed by atoms with E-state index in [2.05, 4.69) is 0 Å². The fourth-order valence-corrected chi connectivity index (χ4v) is 1.85. The molecule has 0 aliphatic carbocycles. The van der Waals surface area contributed by atoms with Crippen molar-refractivity contribution in [2.75, 3.05) is 5.73 Å². The zero-order chi connectivity index (χ0) is 10.3. The third-order valence-electron chi connectivity index (χ3n) is 2.02. The predicted molar refractivity (Wildman–Crippen MR) is 60.0 cm³/mol. The first-order valence-corrected chi connectivity index (χ1v) is 4.71. The third kappa shape index (κ3) is 1.37. The lowest BCUT2D eigenvalue weighted by Crippen LogP contribution is -1.88. The maximum absolute atomic E-state index is 9.32. The lowest BCUT2D eigenvalue weighted by molar-refractivity contribution is 0.476. The minimum Gasteiger partial charge on any atom is -0.508 e. The Hall–Kier alpha value is -1.12. The fraction of sp³-hybridized carbons (Fsp3) is 0. The van der Waals surface area contributed by atoms with Crippen LogP contribution in [0.1, 0.15) is 0 Å². The summed E-state index contributed by atoms with van der Waals surface area (Å²) in [6, 6.07) is 6.48. The van der Waals surface area contributed by atoms with E-state index in [-0.39, 0.29) is 5.75 Å². The minimum atomic E-state index is 0.119. The van der Waals surface area contributed by atoms with Crippen LogP contribution in [0.5, 0.6) is 5.75 Å². The van der Waals surface area contributed by atoms with E-state index in [4.69, 9.17) is 28.9 Å². The summed E-state index contributed by atoms with van der Waals surface area (Å²) in [5.41, 5.74) is 6.15. The average Bonchev–Trinajstić information content (AvgIpc) is 2.10. The fourth-order valence-electron chi connectivity index (χ4n) is 1.41. The second-order valence-corrected chi connectivity index (χ2v) is 3.78. The third-order valence-corrected chi connectivity index (χ3v) is 2.83. The van der Waals surface area contributed by atoms with Crippen molar-refractivity contribution in [1.82, 2.24) is 0 Å². The van der Waals surface area contributed by atoms with Crippen LogP contribution in [0.2, 0.25) is 10.0 Å². The molecule has 0 unspecified atom stereocenters. The Morgan fingerprint density at radius 3 is 2.57 bits per heavy atom. The molecule has 72 valence electrons. The lowest BCUT2D eigenvalue weighted by atomic mass is 10.1. The van der Waals surface area contributed by atoms with E-state index in [0.29, 0.717) is 21.1 Å². The number of benzene rings is 2. The number of rotatable bonds is 0. The van der Waals surface area contributed by atoms with Gasteiger partial charge in [-0.15, -0.1) is 0 Å². The first-order valence-electron chi connectivity index (χ1n) is 3.96. The summed E-state index contributed by atoms with van der Waals surface area (Å²) in [5, 5.41) is 11.6. The van der Waals surface area contributed by atoms with E-state index in [1.807, 2.05) is 0 Å². The van der Waals surface area contributed by atoms with E-state index in [0.717, 1.165) is 5.39 Å². The molecule has 4 heteroatoms. The molecule has 0 radical (unpaired) electrons. The van der Waals surface area contributed by atoms with Gasteiger partial charge in [0, 0.05) is 17.1 Å². The lowest BCUT2D eigenvalue weighted by Gasteiger charge is -2.06. The normalized spacial score (nSPS) is 10.7. The Kier molecular flexibility index (Phi) is 2.17. The molecule has 14 heavy (non-hydrogen) atoms. The van der Waals surface area contributed by atoms with Crippen LogP contribution in [0.4, 0.5) is 5.69 Å². The van der Waals surface area contributed by atoms with E-state index in [1.54, 1.807) is 18.2 Å². The van der Waals surface area contributed by atoms with Crippen LogP contribution < -0.4 is 5.73 Å². The molecule has 0 heterocycles. The molecule has 3 N–H and O–H groups in total. The summed E-state index contributed by atoms with van der Waals surface area (Å²) < 4.78 is 0. The molecule has 0 saturated heterocycles. The molecule has 2 aromatic carbocycles. The Labute approximate surface area is 90.9 Å². The molecule has 0 aliphatic rings. The van der Waals surface area contributed by atoms with Crippen molar-refractivity contribution in [3.05, 3.63) is 34.3 Å². The van der Waals surface area contributed by atoms with Crippen LogP contribution >= 0.6 is 23.2 Å². The maximum atomic E-state index is 9.32. The highest BCUT2D eigenvalue weighted by Crippen LogP contribution is 2.36. The molecule has 2 nitrogen and oxygen atoms in total. The summed E-state index contributed by atoms with van der Waals surface area (Å²) >= 11 is 11.8. The molecule has 0 aliphatic heterocycles. The summed E-state index contributed by atoms with van der Waals surface area (Å²) in [6.07, 6.45) is 0. The van der Waals surface area contributed by atoms with E-state index in [9.17, 15) is 5.11 Å². The van der Waals surface area contributed by atoms with Gasteiger partial charge in [-0.25, -0.2) is 0 Å². The molecule has 2 aromatic rings. The van der Waals surface area contributed by atoms with Gasteiger partial charge in [0.25, 0.3) is 0 Å². The van der Waals surface area contributed by atoms with Crippen molar-refractivity contribution in [1.29, 1.82) is 0 Å². The van der Waals surface area contributed by atoms with Gasteiger partial charge in [-0.05, 0) is 17.5 Å². The summed E-state index contributed by atoms with van der Waals surface area (Å²) in [5.74, 6) is 0.119. The second-order valence-electron chi connectivity index (χ2n) is 2.99. The number of nitrogens with two attached hydrogens (primary N) is 1. The van der Waals surface area contributed by atoms with Crippen molar-refractivity contribution in [2.24, 2.45) is 0 Å².